The van der Waals surface area contributed by atoms with E-state index in [1.54, 1.807) is 0 Å². The van der Waals surface area contributed by atoms with Crippen LogP contribution in [-0.2, 0) is 30.3 Å². The molecule has 0 aliphatic carbocycles. The molecule has 13 heteroatoms. The first-order valence-corrected chi connectivity index (χ1v) is 9.25. The summed E-state index contributed by atoms with van der Waals surface area (Å²) < 4.78 is 46.6. The Balaban J connectivity index is 1.91. The summed E-state index contributed by atoms with van der Waals surface area (Å²) in [6, 6.07) is -2.71. The highest BCUT2D eigenvalue weighted by Gasteiger charge is 2.45. The molecule has 23 heavy (non-hydrogen) atoms. The van der Waals surface area contributed by atoms with E-state index in [1.165, 1.54) is 0 Å². The minimum absolute atomic E-state index is 0.573. The van der Waals surface area contributed by atoms with Crippen molar-refractivity contribution in [1.29, 1.82) is 0 Å². The van der Waals surface area contributed by atoms with Gasteiger partial charge in [0.2, 0.25) is 0 Å². The number of aliphatic hydroxyl groups is 2. The fourth-order valence-corrected chi connectivity index (χ4v) is 3.68. The van der Waals surface area contributed by atoms with E-state index in [0.717, 1.165) is 0 Å². The standard InChI is InChI=1S/C10H15B2F2O7PS/c11-9-5(13)7(16)4(20-9)2-18-22(17,23)21-8-3(1-15)19-10(12)6(8)14/h3-10,15-16H,1-2H2,(H,17,23)/p-1/t3-,4-,5?,6?,7?,8?,9-,10-,22?/m1/s1. The van der Waals surface area contributed by atoms with Crippen LogP contribution in [0.4, 0.5) is 8.78 Å². The van der Waals surface area contributed by atoms with Gasteiger partial charge in [0.1, 0.15) is 59.2 Å². The summed E-state index contributed by atoms with van der Waals surface area (Å²) in [7, 11) is 10.6. The van der Waals surface area contributed by atoms with Gasteiger partial charge < -0.3 is 33.6 Å². The molecular formula is C10H14B2F2O7PS-. The van der Waals surface area contributed by atoms with Crippen LogP contribution in [0.1, 0.15) is 0 Å². The van der Waals surface area contributed by atoms with Crippen molar-refractivity contribution in [2.75, 3.05) is 13.2 Å². The van der Waals surface area contributed by atoms with Gasteiger partial charge in [0, 0.05) is 0 Å². The first-order chi connectivity index (χ1) is 10.7. The first-order valence-electron chi connectivity index (χ1n) is 6.69. The lowest BCUT2D eigenvalue weighted by Gasteiger charge is -2.33. The summed E-state index contributed by atoms with van der Waals surface area (Å²) in [5, 5.41) is 18.6. The molecule has 128 valence electrons. The van der Waals surface area contributed by atoms with Crippen molar-refractivity contribution in [1.82, 2.24) is 0 Å². The average Bonchev–Trinajstić information content (AvgIpc) is 2.89. The molecular weight excluding hydrogens is 355 g/mol. The lowest BCUT2D eigenvalue weighted by molar-refractivity contribution is -0.216. The van der Waals surface area contributed by atoms with Gasteiger partial charge in [-0.05, 0) is 0 Å². The Morgan fingerprint density at radius 1 is 1.17 bits per heavy atom. The van der Waals surface area contributed by atoms with Crippen molar-refractivity contribution in [2.45, 2.75) is 48.8 Å². The van der Waals surface area contributed by atoms with Crippen molar-refractivity contribution in [2.24, 2.45) is 0 Å². The molecule has 2 rings (SSSR count). The zero-order valence-electron chi connectivity index (χ0n) is 11.7. The number of hydrogen-bond acceptors (Lipinski definition) is 8. The molecule has 0 saturated carbocycles. The van der Waals surface area contributed by atoms with Gasteiger partial charge in [-0.3, -0.25) is 0 Å². The van der Waals surface area contributed by atoms with Gasteiger partial charge in [-0.2, -0.15) is 0 Å². The molecule has 2 N–H and O–H groups in total. The van der Waals surface area contributed by atoms with Gasteiger partial charge in [-0.15, -0.1) is 0 Å². The van der Waals surface area contributed by atoms with E-state index in [-0.39, 0.29) is 0 Å². The third kappa shape index (κ3) is 4.50. The number of rotatable bonds is 6. The van der Waals surface area contributed by atoms with Gasteiger partial charge in [0.05, 0.1) is 25.2 Å². The second kappa shape index (κ2) is 7.72. The SMILES string of the molecule is [B][C@@H]1O[C@H](COP([O-])(=S)OC2C(F)[C@H]([B])O[C@@H]2CO)C(O)C1F. The largest absolute Gasteiger partial charge is 0.780 e. The molecule has 2 fully saturated rings. The van der Waals surface area contributed by atoms with Crippen LogP contribution in [0.5, 0.6) is 0 Å². The molecule has 0 aromatic heterocycles. The first kappa shape index (κ1) is 19.7. The van der Waals surface area contributed by atoms with E-state index in [1.807, 2.05) is 0 Å². The summed E-state index contributed by atoms with van der Waals surface area (Å²) in [5.74, 6) is 0. The predicted molar refractivity (Wildman–Crippen MR) is 76.8 cm³/mol. The maximum atomic E-state index is 13.8. The van der Waals surface area contributed by atoms with E-state index in [0.29, 0.717) is 0 Å². The molecule has 0 aromatic carbocycles. The summed E-state index contributed by atoms with van der Waals surface area (Å²) in [6.07, 6.45) is -9.12. The minimum atomic E-state index is -4.23. The Kier molecular flexibility index (Phi) is 6.60. The normalized spacial score (nSPS) is 46.8. The molecule has 2 heterocycles. The van der Waals surface area contributed by atoms with Crippen LogP contribution in [0, 0.1) is 0 Å². The Hall–Kier alpha value is 0.360. The number of aliphatic hydroxyl groups excluding tert-OH is 2. The molecule has 2 saturated heterocycles. The lowest BCUT2D eigenvalue weighted by atomic mass is 9.94. The fraction of sp³-hybridized carbons (Fsp3) is 1.00. The van der Waals surface area contributed by atoms with E-state index >= 15 is 0 Å². The Morgan fingerprint density at radius 2 is 1.74 bits per heavy atom. The third-order valence-corrected chi connectivity index (χ3v) is 5.05. The molecule has 0 aromatic rings. The summed E-state index contributed by atoms with van der Waals surface area (Å²) in [4.78, 5) is 12.1. The van der Waals surface area contributed by atoms with Gasteiger partial charge in [-0.1, -0.05) is 11.8 Å². The summed E-state index contributed by atoms with van der Waals surface area (Å²) >= 11 is 4.61. The van der Waals surface area contributed by atoms with Crippen LogP contribution in [0.15, 0.2) is 0 Å². The smallest absolute Gasteiger partial charge is 0.147 e. The van der Waals surface area contributed by atoms with Crippen LogP contribution in [0.3, 0.4) is 0 Å². The summed E-state index contributed by atoms with van der Waals surface area (Å²) in [6.45, 7) is -5.43. The third-order valence-electron chi connectivity index (χ3n) is 3.51. The lowest BCUT2D eigenvalue weighted by Crippen LogP contribution is -2.36. The van der Waals surface area contributed by atoms with Crippen LogP contribution in [0.2, 0.25) is 0 Å². The fourth-order valence-electron chi connectivity index (χ4n) is 2.26. The molecule has 5 unspecified atom stereocenters. The van der Waals surface area contributed by atoms with Gasteiger partial charge in [0.25, 0.3) is 0 Å². The van der Waals surface area contributed by atoms with E-state index in [9.17, 15) is 18.8 Å². The molecule has 0 spiro atoms. The zero-order valence-corrected chi connectivity index (χ0v) is 13.4. The summed E-state index contributed by atoms with van der Waals surface area (Å²) in [5.41, 5.74) is 0. The topological polar surface area (TPSA) is 100 Å². The average molecular weight is 369 g/mol. The molecule has 7 nitrogen and oxygen atoms in total. The Labute approximate surface area is 139 Å². The van der Waals surface area contributed by atoms with Crippen molar-refractivity contribution in [3.8, 4) is 0 Å². The highest BCUT2D eigenvalue weighted by atomic mass is 32.5. The molecule has 4 radical (unpaired) electrons. The maximum absolute atomic E-state index is 13.8. The van der Waals surface area contributed by atoms with Gasteiger partial charge in [-0.25, -0.2) is 8.78 Å². The number of halogens is 2. The van der Waals surface area contributed by atoms with E-state index in [4.69, 9.17) is 39.3 Å². The van der Waals surface area contributed by atoms with Crippen LogP contribution >= 0.6 is 6.72 Å². The van der Waals surface area contributed by atoms with Crippen molar-refractivity contribution in [3.63, 3.8) is 0 Å². The van der Waals surface area contributed by atoms with Crippen molar-refractivity contribution >= 4 is 34.2 Å². The molecule has 2 aliphatic heterocycles. The highest BCUT2D eigenvalue weighted by Crippen LogP contribution is 2.44. The van der Waals surface area contributed by atoms with Crippen LogP contribution < -0.4 is 4.89 Å². The van der Waals surface area contributed by atoms with Gasteiger partial charge in [0.15, 0.2) is 0 Å². The molecule has 2 aliphatic rings. The van der Waals surface area contributed by atoms with Crippen LogP contribution in [-0.4, -0.2) is 87.9 Å². The second-order valence-electron chi connectivity index (χ2n) is 5.15. The second-order valence-corrected chi connectivity index (χ2v) is 7.86. The quantitative estimate of drug-likeness (QED) is 0.402. The Bertz CT molecular complexity index is 467. The van der Waals surface area contributed by atoms with Crippen LogP contribution in [0.25, 0.3) is 0 Å². The zero-order chi connectivity index (χ0) is 17.4. The highest BCUT2D eigenvalue weighted by molar-refractivity contribution is 8.06. The molecule has 0 bridgehead atoms. The van der Waals surface area contributed by atoms with Crippen molar-refractivity contribution < 1.29 is 42.4 Å². The number of alkyl halides is 2. The monoisotopic (exact) mass is 369 g/mol. The van der Waals surface area contributed by atoms with Crippen molar-refractivity contribution in [3.05, 3.63) is 0 Å². The Morgan fingerprint density at radius 3 is 2.26 bits per heavy atom. The number of ether oxygens (including phenoxy) is 2. The molecule has 0 amide bonds. The molecule has 9 atom stereocenters. The number of hydrogen-bond donors (Lipinski definition) is 2. The maximum Gasteiger partial charge on any atom is 0.147 e. The van der Waals surface area contributed by atoms with E-state index < -0.39 is 68.7 Å². The minimum Gasteiger partial charge on any atom is -0.780 e. The van der Waals surface area contributed by atoms with Gasteiger partial charge >= 0.3 is 0 Å². The van der Waals surface area contributed by atoms with E-state index in [2.05, 4.69) is 11.8 Å². The predicted octanol–water partition coefficient (Wildman–Crippen LogP) is -2.21.